The van der Waals surface area contributed by atoms with Gasteiger partial charge in [-0.1, -0.05) is 0 Å². The highest BCUT2D eigenvalue weighted by molar-refractivity contribution is 4.79. The van der Waals surface area contributed by atoms with Crippen molar-refractivity contribution in [1.82, 2.24) is 0 Å². The zero-order valence-corrected chi connectivity index (χ0v) is 9.10. The number of hydrogen-bond donors (Lipinski definition) is 1. The fraction of sp³-hybridized carbons (Fsp3) is 1.00. The van der Waals surface area contributed by atoms with Crippen molar-refractivity contribution in [3.8, 4) is 0 Å². The van der Waals surface area contributed by atoms with Gasteiger partial charge in [0.1, 0.15) is 6.10 Å². The second kappa shape index (κ2) is 5.66. The van der Waals surface area contributed by atoms with Crippen LogP contribution in [0.4, 0.5) is 0 Å². The van der Waals surface area contributed by atoms with Crippen molar-refractivity contribution < 1.29 is 19.3 Å². The summed E-state index contributed by atoms with van der Waals surface area (Å²) < 4.78 is 16.4. The number of hydrogen-bond acceptors (Lipinski definition) is 4. The van der Waals surface area contributed by atoms with Gasteiger partial charge in [-0.2, -0.15) is 0 Å². The first-order chi connectivity index (χ1) is 6.67. The van der Waals surface area contributed by atoms with Gasteiger partial charge in [0, 0.05) is 13.0 Å². The lowest BCUT2D eigenvalue weighted by atomic mass is 10.2. The molecule has 1 fully saturated rings. The average molecular weight is 204 g/mol. The van der Waals surface area contributed by atoms with E-state index in [1.165, 1.54) is 0 Å². The molecule has 3 atom stereocenters. The minimum Gasteiger partial charge on any atom is -0.394 e. The van der Waals surface area contributed by atoms with Gasteiger partial charge in [-0.25, -0.2) is 0 Å². The fourth-order valence-electron chi connectivity index (χ4n) is 1.63. The summed E-state index contributed by atoms with van der Waals surface area (Å²) in [7, 11) is 0. The second-order valence-corrected chi connectivity index (χ2v) is 3.70. The third-order valence-electron chi connectivity index (χ3n) is 2.15. The van der Waals surface area contributed by atoms with Crippen molar-refractivity contribution in [2.75, 3.05) is 13.2 Å². The van der Waals surface area contributed by atoms with Crippen LogP contribution in [0.2, 0.25) is 0 Å². The van der Waals surface area contributed by atoms with Crippen LogP contribution in [0.1, 0.15) is 27.2 Å². The van der Waals surface area contributed by atoms with Gasteiger partial charge in [0.15, 0.2) is 6.29 Å². The molecule has 0 amide bonds. The topological polar surface area (TPSA) is 47.9 Å². The number of aliphatic hydroxyl groups excluding tert-OH is 1. The first kappa shape index (κ1) is 11.9. The summed E-state index contributed by atoms with van der Waals surface area (Å²) in [5.41, 5.74) is 0. The average Bonchev–Trinajstić information content (AvgIpc) is 2.47. The zero-order chi connectivity index (χ0) is 10.6. The molecule has 1 aliphatic rings. The number of rotatable bonds is 5. The molecule has 4 nitrogen and oxygen atoms in total. The van der Waals surface area contributed by atoms with Crippen LogP contribution in [-0.4, -0.2) is 42.9 Å². The van der Waals surface area contributed by atoms with Gasteiger partial charge >= 0.3 is 0 Å². The van der Waals surface area contributed by atoms with E-state index in [-0.39, 0.29) is 31.2 Å². The summed E-state index contributed by atoms with van der Waals surface area (Å²) in [5, 5.41) is 9.07. The molecule has 1 rings (SSSR count). The molecule has 1 saturated heterocycles. The molecule has 0 aliphatic carbocycles. The lowest BCUT2D eigenvalue weighted by molar-refractivity contribution is -0.143. The smallest absolute Gasteiger partial charge is 0.160 e. The molecule has 0 unspecified atom stereocenters. The molecule has 0 bridgehead atoms. The monoisotopic (exact) mass is 204 g/mol. The van der Waals surface area contributed by atoms with E-state index in [9.17, 15) is 0 Å². The van der Waals surface area contributed by atoms with Gasteiger partial charge in [0.2, 0.25) is 0 Å². The van der Waals surface area contributed by atoms with Crippen molar-refractivity contribution in [2.24, 2.45) is 0 Å². The predicted molar refractivity (Wildman–Crippen MR) is 52.0 cm³/mol. The predicted octanol–water partition coefficient (Wildman–Crippen LogP) is 0.924. The highest BCUT2D eigenvalue weighted by atomic mass is 16.7. The Morgan fingerprint density at radius 1 is 1.50 bits per heavy atom. The lowest BCUT2D eigenvalue weighted by Gasteiger charge is -2.18. The molecule has 1 N–H and O–H groups in total. The normalized spacial score (nSPS) is 32.8. The minimum absolute atomic E-state index is 0.0129. The third kappa shape index (κ3) is 3.20. The van der Waals surface area contributed by atoms with Crippen molar-refractivity contribution >= 4 is 0 Å². The van der Waals surface area contributed by atoms with Gasteiger partial charge in [-0.3, -0.25) is 0 Å². The Morgan fingerprint density at radius 2 is 2.21 bits per heavy atom. The molecule has 1 heterocycles. The quantitative estimate of drug-likeness (QED) is 0.723. The summed E-state index contributed by atoms with van der Waals surface area (Å²) in [6, 6.07) is 0. The van der Waals surface area contributed by atoms with E-state index in [4.69, 9.17) is 19.3 Å². The molecular weight excluding hydrogens is 184 g/mol. The summed E-state index contributed by atoms with van der Waals surface area (Å²) in [6.07, 6.45) is 0.349. The Balaban J connectivity index is 2.41. The lowest BCUT2D eigenvalue weighted by Crippen LogP contribution is -2.30. The Bertz CT molecular complexity index is 160. The second-order valence-electron chi connectivity index (χ2n) is 3.70. The first-order valence-corrected chi connectivity index (χ1v) is 5.20. The molecule has 0 aromatic heterocycles. The van der Waals surface area contributed by atoms with E-state index >= 15 is 0 Å². The SMILES string of the molecule is CCO[C@H]1C[C@H](OC(C)C)[C@@H](CO)O1. The largest absolute Gasteiger partial charge is 0.394 e. The maximum Gasteiger partial charge on any atom is 0.160 e. The van der Waals surface area contributed by atoms with Crippen LogP contribution in [0.5, 0.6) is 0 Å². The fourth-order valence-corrected chi connectivity index (χ4v) is 1.63. The maximum atomic E-state index is 9.07. The van der Waals surface area contributed by atoms with Gasteiger partial charge in [-0.15, -0.1) is 0 Å². The van der Waals surface area contributed by atoms with E-state index < -0.39 is 0 Å². The van der Waals surface area contributed by atoms with Crippen molar-refractivity contribution in [3.05, 3.63) is 0 Å². The Kier molecular flexibility index (Phi) is 4.81. The molecule has 14 heavy (non-hydrogen) atoms. The van der Waals surface area contributed by atoms with Crippen LogP contribution in [0.3, 0.4) is 0 Å². The molecule has 0 saturated carbocycles. The highest BCUT2D eigenvalue weighted by Crippen LogP contribution is 2.24. The Hall–Kier alpha value is -0.160. The van der Waals surface area contributed by atoms with Gasteiger partial charge in [-0.05, 0) is 20.8 Å². The molecule has 4 heteroatoms. The molecular formula is C10H20O4. The van der Waals surface area contributed by atoms with Crippen LogP contribution < -0.4 is 0 Å². The van der Waals surface area contributed by atoms with Crippen LogP contribution in [0.25, 0.3) is 0 Å². The van der Waals surface area contributed by atoms with E-state index in [2.05, 4.69) is 0 Å². The molecule has 0 radical (unpaired) electrons. The first-order valence-electron chi connectivity index (χ1n) is 5.20. The van der Waals surface area contributed by atoms with Gasteiger partial charge in [0.05, 0.1) is 18.8 Å². The Morgan fingerprint density at radius 3 is 2.71 bits per heavy atom. The van der Waals surface area contributed by atoms with E-state index in [1.807, 2.05) is 20.8 Å². The van der Waals surface area contributed by atoms with Crippen molar-refractivity contribution in [3.63, 3.8) is 0 Å². The minimum atomic E-state index is -0.242. The van der Waals surface area contributed by atoms with Crippen molar-refractivity contribution in [2.45, 2.75) is 51.8 Å². The van der Waals surface area contributed by atoms with Crippen molar-refractivity contribution in [1.29, 1.82) is 0 Å². The summed E-state index contributed by atoms with van der Waals surface area (Å²) in [4.78, 5) is 0. The van der Waals surface area contributed by atoms with E-state index in [1.54, 1.807) is 0 Å². The Labute approximate surface area is 85.2 Å². The molecule has 0 spiro atoms. The standard InChI is InChI=1S/C10H20O4/c1-4-12-10-5-8(13-7(2)3)9(6-11)14-10/h7-11H,4-6H2,1-3H3/t8-,9+,10+/m0/s1. The molecule has 1 aliphatic heterocycles. The highest BCUT2D eigenvalue weighted by Gasteiger charge is 2.36. The van der Waals surface area contributed by atoms with Crippen LogP contribution >= 0.6 is 0 Å². The van der Waals surface area contributed by atoms with Crippen LogP contribution in [0.15, 0.2) is 0 Å². The maximum absolute atomic E-state index is 9.07. The third-order valence-corrected chi connectivity index (χ3v) is 2.15. The summed E-state index contributed by atoms with van der Waals surface area (Å²) in [5.74, 6) is 0. The van der Waals surface area contributed by atoms with Crippen LogP contribution in [0, 0.1) is 0 Å². The van der Waals surface area contributed by atoms with Gasteiger partial charge < -0.3 is 19.3 Å². The zero-order valence-electron chi connectivity index (χ0n) is 9.10. The molecule has 0 aromatic carbocycles. The van der Waals surface area contributed by atoms with E-state index in [0.29, 0.717) is 13.0 Å². The van der Waals surface area contributed by atoms with E-state index in [0.717, 1.165) is 0 Å². The number of ether oxygens (including phenoxy) is 3. The van der Waals surface area contributed by atoms with Gasteiger partial charge in [0.25, 0.3) is 0 Å². The van der Waals surface area contributed by atoms with Crippen LogP contribution in [-0.2, 0) is 14.2 Å². The number of aliphatic hydroxyl groups is 1. The summed E-state index contributed by atoms with van der Waals surface area (Å²) in [6.45, 7) is 6.48. The molecule has 84 valence electrons. The summed E-state index contributed by atoms with van der Waals surface area (Å²) >= 11 is 0. The molecule has 0 aromatic rings.